The average Bonchev–Trinajstić information content (AvgIpc) is 2.66. The van der Waals surface area contributed by atoms with Gasteiger partial charge in [0.2, 0.25) is 15.9 Å². The van der Waals surface area contributed by atoms with Crippen molar-refractivity contribution < 1.29 is 17.4 Å². The van der Waals surface area contributed by atoms with Gasteiger partial charge in [-0.25, -0.2) is 8.42 Å². The SMILES string of the molecule is Cc1ccc(S(=O)(=O)N2CCCCC2)cc1NC(=O)CN1CC[S@](=O)C[C@H]1C. The molecule has 2 saturated heterocycles. The Bertz CT molecular complexity index is 851. The summed E-state index contributed by atoms with van der Waals surface area (Å²) < 4.78 is 39.0. The summed E-state index contributed by atoms with van der Waals surface area (Å²) in [5.41, 5.74) is 1.34. The molecule has 0 saturated carbocycles. The Balaban J connectivity index is 1.71. The van der Waals surface area contributed by atoms with Crippen molar-refractivity contribution in [3.05, 3.63) is 23.8 Å². The van der Waals surface area contributed by atoms with E-state index in [0.717, 1.165) is 24.8 Å². The van der Waals surface area contributed by atoms with Gasteiger partial charge in [0, 0.05) is 53.7 Å². The van der Waals surface area contributed by atoms with Crippen molar-refractivity contribution >= 4 is 32.4 Å². The van der Waals surface area contributed by atoms with Crippen LogP contribution in [0.15, 0.2) is 23.1 Å². The standard InChI is InChI=1S/C19H29N3O4S2/c1-15-6-7-17(28(25,26)22-8-4-3-5-9-22)12-18(15)20-19(23)13-21-10-11-27(24)14-16(21)2/h6-7,12,16H,3-5,8-11,13-14H2,1-2H3,(H,20,23)/t16-,27+/m1/s1. The number of benzene rings is 1. The summed E-state index contributed by atoms with van der Waals surface area (Å²) in [6.07, 6.45) is 2.82. The molecule has 1 aromatic carbocycles. The van der Waals surface area contributed by atoms with E-state index >= 15 is 0 Å². The van der Waals surface area contributed by atoms with E-state index in [1.165, 1.54) is 4.31 Å². The zero-order valence-corrected chi connectivity index (χ0v) is 18.2. The maximum atomic E-state index is 12.9. The average molecular weight is 428 g/mol. The molecule has 1 N–H and O–H groups in total. The van der Waals surface area contributed by atoms with Crippen molar-refractivity contribution in [1.82, 2.24) is 9.21 Å². The maximum Gasteiger partial charge on any atom is 0.243 e. The zero-order valence-electron chi connectivity index (χ0n) is 16.5. The first-order chi connectivity index (χ1) is 13.3. The molecule has 2 aliphatic heterocycles. The second kappa shape index (κ2) is 9.02. The van der Waals surface area contributed by atoms with Crippen LogP contribution in [0.4, 0.5) is 5.69 Å². The fraction of sp³-hybridized carbons (Fsp3) is 0.632. The molecule has 0 spiro atoms. The lowest BCUT2D eigenvalue weighted by atomic mass is 10.2. The molecule has 9 heteroatoms. The van der Waals surface area contributed by atoms with Crippen molar-refractivity contribution in [1.29, 1.82) is 0 Å². The van der Waals surface area contributed by atoms with E-state index in [1.54, 1.807) is 18.2 Å². The van der Waals surface area contributed by atoms with Crippen molar-refractivity contribution in [2.24, 2.45) is 0 Å². The first kappa shape index (κ1) is 21.4. The van der Waals surface area contributed by atoms with Gasteiger partial charge < -0.3 is 5.32 Å². The van der Waals surface area contributed by atoms with Crippen LogP contribution >= 0.6 is 0 Å². The molecule has 7 nitrogen and oxygen atoms in total. The predicted octanol–water partition coefficient (Wildman–Crippen LogP) is 1.56. The van der Waals surface area contributed by atoms with E-state index < -0.39 is 20.8 Å². The molecule has 0 unspecified atom stereocenters. The summed E-state index contributed by atoms with van der Waals surface area (Å²) in [5.74, 6) is 0.978. The number of hydrogen-bond donors (Lipinski definition) is 1. The number of sulfonamides is 1. The number of piperidine rings is 1. The number of amides is 1. The lowest BCUT2D eigenvalue weighted by molar-refractivity contribution is -0.117. The minimum atomic E-state index is -3.54. The Labute approximate surface area is 170 Å². The van der Waals surface area contributed by atoms with E-state index in [2.05, 4.69) is 5.32 Å². The fourth-order valence-corrected chi connectivity index (χ4v) is 6.55. The number of carbonyl (C=O) groups is 1. The first-order valence-electron chi connectivity index (χ1n) is 9.77. The number of nitrogens with zero attached hydrogens (tertiary/aromatic N) is 2. The number of aryl methyl sites for hydroxylation is 1. The topological polar surface area (TPSA) is 86.8 Å². The first-order valence-corrected chi connectivity index (χ1v) is 12.7. The summed E-state index contributed by atoms with van der Waals surface area (Å²) in [6, 6.07) is 4.99. The Morgan fingerprint density at radius 3 is 2.61 bits per heavy atom. The van der Waals surface area contributed by atoms with Gasteiger partial charge in [0.05, 0.1) is 11.4 Å². The summed E-state index contributed by atoms with van der Waals surface area (Å²) in [5, 5.41) is 2.87. The van der Waals surface area contributed by atoms with Crippen molar-refractivity contribution in [3.63, 3.8) is 0 Å². The van der Waals surface area contributed by atoms with Crippen LogP contribution in [0.2, 0.25) is 0 Å². The van der Waals surface area contributed by atoms with Gasteiger partial charge in [0.15, 0.2) is 0 Å². The normalized spacial score (nSPS) is 24.8. The number of rotatable bonds is 5. The molecular formula is C19H29N3O4S2. The Kier molecular flexibility index (Phi) is 6.90. The molecule has 28 heavy (non-hydrogen) atoms. The van der Waals surface area contributed by atoms with Gasteiger partial charge in [-0.15, -0.1) is 0 Å². The second-order valence-electron chi connectivity index (χ2n) is 7.62. The highest BCUT2D eigenvalue weighted by atomic mass is 32.2. The van der Waals surface area contributed by atoms with Crippen LogP contribution in [-0.4, -0.2) is 71.5 Å². The molecule has 0 bridgehead atoms. The van der Waals surface area contributed by atoms with Gasteiger partial charge in [-0.05, 0) is 44.4 Å². The molecule has 1 aromatic rings. The lowest BCUT2D eigenvalue weighted by Gasteiger charge is -2.32. The van der Waals surface area contributed by atoms with Gasteiger partial charge >= 0.3 is 0 Å². The molecule has 0 radical (unpaired) electrons. The van der Waals surface area contributed by atoms with E-state index in [1.807, 2.05) is 18.7 Å². The number of anilines is 1. The van der Waals surface area contributed by atoms with Crippen molar-refractivity contribution in [2.75, 3.05) is 43.0 Å². The van der Waals surface area contributed by atoms with Crippen LogP contribution in [0, 0.1) is 6.92 Å². The number of carbonyl (C=O) groups excluding carboxylic acids is 1. The quantitative estimate of drug-likeness (QED) is 0.771. The highest BCUT2D eigenvalue weighted by molar-refractivity contribution is 7.89. The molecular weight excluding hydrogens is 398 g/mol. The predicted molar refractivity (Wildman–Crippen MR) is 111 cm³/mol. The maximum absolute atomic E-state index is 12.9. The van der Waals surface area contributed by atoms with E-state index in [4.69, 9.17) is 0 Å². The van der Waals surface area contributed by atoms with Crippen LogP contribution in [-0.2, 0) is 25.6 Å². The molecule has 2 aliphatic rings. The lowest BCUT2D eigenvalue weighted by Crippen LogP contribution is -2.48. The third-order valence-corrected chi connectivity index (χ3v) is 8.83. The fourth-order valence-electron chi connectivity index (χ4n) is 3.66. The monoisotopic (exact) mass is 427 g/mol. The highest BCUT2D eigenvalue weighted by Gasteiger charge is 2.27. The van der Waals surface area contributed by atoms with Gasteiger partial charge in [-0.3, -0.25) is 13.9 Å². The minimum absolute atomic E-state index is 0.0900. The third kappa shape index (κ3) is 5.00. The Morgan fingerprint density at radius 2 is 1.93 bits per heavy atom. The summed E-state index contributed by atoms with van der Waals surface area (Å²) in [4.78, 5) is 14.8. The van der Waals surface area contributed by atoms with Gasteiger partial charge in [0.1, 0.15) is 0 Å². The third-order valence-electron chi connectivity index (χ3n) is 5.44. The highest BCUT2D eigenvalue weighted by Crippen LogP contribution is 2.25. The largest absolute Gasteiger partial charge is 0.325 e. The molecule has 156 valence electrons. The Hall–Kier alpha value is -1.29. The van der Waals surface area contributed by atoms with Gasteiger partial charge in [0.25, 0.3) is 0 Å². The Morgan fingerprint density at radius 1 is 1.21 bits per heavy atom. The van der Waals surface area contributed by atoms with Crippen molar-refractivity contribution in [2.45, 2.75) is 44.0 Å². The smallest absolute Gasteiger partial charge is 0.243 e. The number of hydrogen-bond acceptors (Lipinski definition) is 5. The van der Waals surface area contributed by atoms with Crippen molar-refractivity contribution in [3.8, 4) is 0 Å². The van der Waals surface area contributed by atoms with E-state index in [0.29, 0.717) is 36.8 Å². The molecule has 0 aromatic heterocycles. The molecule has 1 amide bonds. The minimum Gasteiger partial charge on any atom is -0.325 e. The zero-order chi connectivity index (χ0) is 20.3. The van der Waals surface area contributed by atoms with Crippen LogP contribution in [0.25, 0.3) is 0 Å². The second-order valence-corrected chi connectivity index (χ2v) is 11.2. The van der Waals surface area contributed by atoms with E-state index in [9.17, 15) is 17.4 Å². The summed E-state index contributed by atoms with van der Waals surface area (Å²) in [6.45, 7) is 5.75. The molecule has 2 heterocycles. The van der Waals surface area contributed by atoms with Gasteiger partial charge in [-0.1, -0.05) is 12.5 Å². The van der Waals surface area contributed by atoms with Gasteiger partial charge in [-0.2, -0.15) is 4.31 Å². The molecule has 0 aliphatic carbocycles. The summed E-state index contributed by atoms with van der Waals surface area (Å²) >= 11 is 0. The van der Waals surface area contributed by atoms with Crippen LogP contribution in [0.3, 0.4) is 0 Å². The van der Waals surface area contributed by atoms with Crippen LogP contribution < -0.4 is 5.32 Å². The molecule has 2 atom stereocenters. The van der Waals surface area contributed by atoms with Crippen LogP contribution in [0.1, 0.15) is 31.7 Å². The van der Waals surface area contributed by atoms with E-state index in [-0.39, 0.29) is 23.4 Å². The molecule has 2 fully saturated rings. The summed E-state index contributed by atoms with van der Waals surface area (Å²) in [7, 11) is -4.35. The number of nitrogens with one attached hydrogen (secondary N) is 1. The van der Waals surface area contributed by atoms with Crippen LogP contribution in [0.5, 0.6) is 0 Å². The molecule has 3 rings (SSSR count).